The van der Waals surface area contributed by atoms with Crippen LogP contribution in [0.1, 0.15) is 17.3 Å². The predicted molar refractivity (Wildman–Crippen MR) is 61.1 cm³/mol. The maximum atomic E-state index is 13.8. The molecule has 5 nitrogen and oxygen atoms in total. The number of benzene rings is 1. The van der Waals surface area contributed by atoms with Crippen LogP contribution in [0.5, 0.6) is 0 Å². The van der Waals surface area contributed by atoms with Gasteiger partial charge in [0.2, 0.25) is 11.8 Å². The maximum Gasteiger partial charge on any atom is 0.355 e. The van der Waals surface area contributed by atoms with Crippen molar-refractivity contribution in [3.8, 4) is 0 Å². The number of amides is 1. The van der Waals surface area contributed by atoms with E-state index in [0.29, 0.717) is 12.1 Å². The Morgan fingerprint density at radius 2 is 1.90 bits per heavy atom. The van der Waals surface area contributed by atoms with Gasteiger partial charge in [0.25, 0.3) is 5.91 Å². The second-order valence-electron chi connectivity index (χ2n) is 4.07. The molecule has 112 valence electrons. The van der Waals surface area contributed by atoms with Gasteiger partial charge in [-0.3, -0.25) is 4.79 Å². The molecular weight excluding hydrogens is 294 g/mol. The highest BCUT2D eigenvalue weighted by molar-refractivity contribution is 5.84. The van der Waals surface area contributed by atoms with Crippen LogP contribution in [0.15, 0.2) is 22.6 Å². The molecule has 2 rings (SSSR count). The zero-order chi connectivity index (χ0) is 15.6. The van der Waals surface area contributed by atoms with Crippen molar-refractivity contribution in [1.29, 1.82) is 0 Å². The van der Waals surface area contributed by atoms with Gasteiger partial charge in [0.1, 0.15) is 17.2 Å². The SMILES string of the molecule is Cc1nnc(CNC(=O)C(F)(F)c2c(F)cccc2F)o1. The van der Waals surface area contributed by atoms with Crippen LogP contribution in [0, 0.1) is 18.6 Å². The lowest BCUT2D eigenvalue weighted by Gasteiger charge is -2.16. The van der Waals surface area contributed by atoms with E-state index in [1.807, 2.05) is 0 Å². The number of halogens is 4. The summed E-state index contributed by atoms with van der Waals surface area (Å²) in [6, 6.07) is 2.20. The fourth-order valence-corrected chi connectivity index (χ4v) is 1.59. The van der Waals surface area contributed by atoms with E-state index in [-0.39, 0.29) is 11.8 Å². The summed E-state index contributed by atoms with van der Waals surface area (Å²) in [6.45, 7) is 0.993. The quantitative estimate of drug-likeness (QED) is 0.878. The van der Waals surface area contributed by atoms with E-state index in [4.69, 9.17) is 4.42 Å². The molecule has 1 aromatic carbocycles. The first kappa shape index (κ1) is 14.9. The summed E-state index contributed by atoms with van der Waals surface area (Å²) in [5.74, 6) is -9.18. The van der Waals surface area contributed by atoms with Gasteiger partial charge in [-0.25, -0.2) is 8.78 Å². The van der Waals surface area contributed by atoms with Crippen LogP contribution in [-0.4, -0.2) is 16.1 Å². The topological polar surface area (TPSA) is 68.0 Å². The van der Waals surface area contributed by atoms with Crippen molar-refractivity contribution < 1.29 is 26.8 Å². The predicted octanol–water partition coefficient (Wildman–Crippen LogP) is 2.06. The highest BCUT2D eigenvalue weighted by Gasteiger charge is 2.45. The summed E-state index contributed by atoms with van der Waals surface area (Å²) in [7, 11) is 0. The van der Waals surface area contributed by atoms with Crippen LogP contribution in [0.4, 0.5) is 17.6 Å². The van der Waals surface area contributed by atoms with E-state index in [0.717, 1.165) is 6.07 Å². The normalized spacial score (nSPS) is 11.5. The Hall–Kier alpha value is -2.45. The third-order valence-corrected chi connectivity index (χ3v) is 2.53. The lowest BCUT2D eigenvalue weighted by molar-refractivity contribution is -0.148. The van der Waals surface area contributed by atoms with Gasteiger partial charge in [0, 0.05) is 6.92 Å². The average molecular weight is 303 g/mol. The molecule has 1 aromatic heterocycles. The molecular formula is C12H9F4N3O2. The maximum absolute atomic E-state index is 13.8. The van der Waals surface area contributed by atoms with Crippen molar-refractivity contribution in [1.82, 2.24) is 15.5 Å². The molecule has 0 aliphatic heterocycles. The Balaban J connectivity index is 2.17. The van der Waals surface area contributed by atoms with Gasteiger partial charge in [-0.05, 0) is 12.1 Å². The summed E-state index contributed by atoms with van der Waals surface area (Å²) in [4.78, 5) is 11.5. The van der Waals surface area contributed by atoms with Crippen LogP contribution < -0.4 is 5.32 Å². The molecule has 0 saturated carbocycles. The van der Waals surface area contributed by atoms with E-state index in [2.05, 4.69) is 10.2 Å². The molecule has 0 saturated heterocycles. The number of carbonyl (C=O) groups excluding carboxylic acids is 1. The first-order chi connectivity index (χ1) is 9.82. The van der Waals surface area contributed by atoms with Crippen LogP contribution in [0.2, 0.25) is 0 Å². The van der Waals surface area contributed by atoms with E-state index in [1.165, 1.54) is 6.92 Å². The number of hydrogen-bond acceptors (Lipinski definition) is 4. The number of rotatable bonds is 4. The van der Waals surface area contributed by atoms with Gasteiger partial charge in [-0.1, -0.05) is 6.07 Å². The van der Waals surface area contributed by atoms with Crippen molar-refractivity contribution in [2.24, 2.45) is 0 Å². The third-order valence-electron chi connectivity index (χ3n) is 2.53. The minimum Gasteiger partial charge on any atom is -0.424 e. The molecule has 1 heterocycles. The van der Waals surface area contributed by atoms with Crippen molar-refractivity contribution in [2.75, 3.05) is 0 Å². The standard InChI is InChI=1S/C12H9F4N3O2/c1-6-18-19-9(21-6)5-17-11(20)12(15,16)10-7(13)3-2-4-8(10)14/h2-4H,5H2,1H3,(H,17,20). The number of aromatic nitrogens is 2. The number of alkyl halides is 2. The first-order valence-corrected chi connectivity index (χ1v) is 5.72. The number of carbonyl (C=O) groups is 1. The van der Waals surface area contributed by atoms with Gasteiger partial charge < -0.3 is 9.73 Å². The van der Waals surface area contributed by atoms with Crippen molar-refractivity contribution in [2.45, 2.75) is 19.4 Å². The van der Waals surface area contributed by atoms with Gasteiger partial charge >= 0.3 is 5.92 Å². The summed E-state index contributed by atoms with van der Waals surface area (Å²) in [6.07, 6.45) is 0. The second kappa shape index (κ2) is 5.51. The molecule has 1 N–H and O–H groups in total. The average Bonchev–Trinajstić information content (AvgIpc) is 2.81. The van der Waals surface area contributed by atoms with Crippen molar-refractivity contribution >= 4 is 5.91 Å². The molecule has 1 amide bonds. The highest BCUT2D eigenvalue weighted by Crippen LogP contribution is 2.32. The largest absolute Gasteiger partial charge is 0.424 e. The van der Waals surface area contributed by atoms with Crippen LogP contribution in [0.25, 0.3) is 0 Å². The molecule has 0 spiro atoms. The number of hydrogen-bond donors (Lipinski definition) is 1. The van der Waals surface area contributed by atoms with Crippen LogP contribution >= 0.6 is 0 Å². The Labute approximate surface area is 116 Å². The lowest BCUT2D eigenvalue weighted by atomic mass is 10.1. The second-order valence-corrected chi connectivity index (χ2v) is 4.07. The first-order valence-electron chi connectivity index (χ1n) is 5.72. The third kappa shape index (κ3) is 3.01. The minimum atomic E-state index is -4.37. The zero-order valence-electron chi connectivity index (χ0n) is 10.7. The summed E-state index contributed by atoms with van der Waals surface area (Å²) in [5.41, 5.74) is -1.61. The van der Waals surface area contributed by atoms with Crippen LogP contribution in [0.3, 0.4) is 0 Å². The molecule has 2 aromatic rings. The number of nitrogens with one attached hydrogen (secondary N) is 1. The molecule has 0 bridgehead atoms. The molecule has 9 heteroatoms. The van der Waals surface area contributed by atoms with Crippen molar-refractivity contribution in [3.05, 3.63) is 47.2 Å². The Bertz CT molecular complexity index is 652. The molecule has 0 aliphatic carbocycles. The smallest absolute Gasteiger partial charge is 0.355 e. The molecule has 0 aliphatic rings. The van der Waals surface area contributed by atoms with Crippen molar-refractivity contribution in [3.63, 3.8) is 0 Å². The monoisotopic (exact) mass is 303 g/mol. The van der Waals surface area contributed by atoms with Gasteiger partial charge in [0.05, 0.1) is 6.54 Å². The molecule has 0 atom stereocenters. The summed E-state index contributed by atoms with van der Waals surface area (Å²) in [5, 5.41) is 8.71. The van der Waals surface area contributed by atoms with Gasteiger partial charge in [0.15, 0.2) is 0 Å². The van der Waals surface area contributed by atoms with E-state index in [9.17, 15) is 22.4 Å². The van der Waals surface area contributed by atoms with E-state index >= 15 is 0 Å². The Morgan fingerprint density at radius 1 is 1.29 bits per heavy atom. The van der Waals surface area contributed by atoms with Gasteiger partial charge in [-0.15, -0.1) is 10.2 Å². The van der Waals surface area contributed by atoms with Gasteiger partial charge in [-0.2, -0.15) is 8.78 Å². The molecule has 0 radical (unpaired) electrons. The summed E-state index contributed by atoms with van der Waals surface area (Å²) >= 11 is 0. The van der Waals surface area contributed by atoms with E-state index in [1.54, 1.807) is 5.32 Å². The number of aryl methyl sites for hydroxylation is 1. The minimum absolute atomic E-state index is 0.106. The lowest BCUT2D eigenvalue weighted by Crippen LogP contribution is -2.39. The Kier molecular flexibility index (Phi) is 3.92. The van der Waals surface area contributed by atoms with Crippen LogP contribution in [-0.2, 0) is 17.3 Å². The fraction of sp³-hybridized carbons (Fsp3) is 0.250. The molecule has 0 unspecified atom stereocenters. The highest BCUT2D eigenvalue weighted by atomic mass is 19.3. The number of nitrogens with zero attached hydrogens (tertiary/aromatic N) is 2. The fourth-order valence-electron chi connectivity index (χ4n) is 1.59. The Morgan fingerprint density at radius 3 is 2.43 bits per heavy atom. The van der Waals surface area contributed by atoms with E-state index < -0.39 is 35.6 Å². The summed E-state index contributed by atoms with van der Waals surface area (Å²) < 4.78 is 59.2. The molecule has 0 fully saturated rings. The molecule has 21 heavy (non-hydrogen) atoms. The zero-order valence-corrected chi connectivity index (χ0v) is 10.7.